The third-order valence-corrected chi connectivity index (χ3v) is 4.03. The molecule has 1 aromatic carbocycles. The summed E-state index contributed by atoms with van der Waals surface area (Å²) < 4.78 is 14.8. The molecule has 2 rings (SSSR count). The molecule has 1 aromatic heterocycles. The van der Waals surface area contributed by atoms with Crippen LogP contribution < -0.4 is 5.32 Å². The van der Waals surface area contributed by atoms with Crippen molar-refractivity contribution in [2.75, 3.05) is 13.1 Å². The van der Waals surface area contributed by atoms with Crippen molar-refractivity contribution in [2.24, 2.45) is 0 Å². The van der Waals surface area contributed by atoms with Crippen LogP contribution in [0.4, 0.5) is 4.39 Å². The Morgan fingerprint density at radius 3 is 2.38 bits per heavy atom. The lowest BCUT2D eigenvalue weighted by atomic mass is 10.1. The summed E-state index contributed by atoms with van der Waals surface area (Å²) >= 11 is 0. The number of hydrogen-bond donors (Lipinski definition) is 1. The van der Waals surface area contributed by atoms with Gasteiger partial charge < -0.3 is 10.2 Å². The van der Waals surface area contributed by atoms with E-state index in [0.717, 1.165) is 0 Å². The monoisotopic (exact) mass is 360 g/mol. The Kier molecular flexibility index (Phi) is 6.13. The first kappa shape index (κ1) is 19.6. The van der Waals surface area contributed by atoms with Gasteiger partial charge in [0, 0.05) is 12.6 Å². The summed E-state index contributed by atoms with van der Waals surface area (Å²) in [6, 6.07) is 5.93. The van der Waals surface area contributed by atoms with Crippen molar-refractivity contribution >= 4 is 11.8 Å². The van der Waals surface area contributed by atoms with Gasteiger partial charge in [0.15, 0.2) is 0 Å². The normalized spacial score (nSPS) is 10.9. The largest absolute Gasteiger partial charge is 0.352 e. The van der Waals surface area contributed by atoms with Crippen LogP contribution >= 0.6 is 0 Å². The van der Waals surface area contributed by atoms with Crippen LogP contribution in [-0.2, 0) is 4.79 Å². The van der Waals surface area contributed by atoms with Gasteiger partial charge in [-0.1, -0.05) is 0 Å². The zero-order valence-corrected chi connectivity index (χ0v) is 15.8. The van der Waals surface area contributed by atoms with Gasteiger partial charge in [-0.25, -0.2) is 9.07 Å². The quantitative estimate of drug-likeness (QED) is 0.861. The fraction of sp³-hybridized carbons (Fsp3) is 0.421. The second kappa shape index (κ2) is 8.12. The number of nitrogens with one attached hydrogen (secondary N) is 1. The number of halogens is 1. The maximum atomic E-state index is 13.2. The molecule has 0 aliphatic carbocycles. The van der Waals surface area contributed by atoms with Gasteiger partial charge in [0.05, 0.1) is 29.2 Å². The van der Waals surface area contributed by atoms with Crippen LogP contribution in [0.25, 0.3) is 5.69 Å². The molecule has 0 aliphatic rings. The van der Waals surface area contributed by atoms with E-state index in [1.54, 1.807) is 30.7 Å². The van der Waals surface area contributed by atoms with Crippen LogP contribution in [0.1, 0.15) is 42.5 Å². The molecule has 1 heterocycles. The number of amides is 2. The summed E-state index contributed by atoms with van der Waals surface area (Å²) in [6.45, 7) is 9.52. The van der Waals surface area contributed by atoms with Gasteiger partial charge in [-0.15, -0.1) is 0 Å². The number of carbonyl (C=O) groups excluding carboxylic acids is 2. The summed E-state index contributed by atoms with van der Waals surface area (Å²) in [5.41, 5.74) is 2.36. The molecule has 0 saturated carbocycles. The number of aromatic nitrogens is 2. The third kappa shape index (κ3) is 4.28. The van der Waals surface area contributed by atoms with E-state index in [4.69, 9.17) is 0 Å². The number of hydrogen-bond acceptors (Lipinski definition) is 3. The standard InChI is InChI=1S/C19H25FN4O2/c1-6-23(11-17(25)21-12(2)3)19(26)18-13(4)22-24(14(18)5)16-9-7-15(20)8-10-16/h7-10,12H,6,11H2,1-5H3,(H,21,25). The number of aryl methyl sites for hydroxylation is 1. The topological polar surface area (TPSA) is 67.2 Å². The molecule has 0 fully saturated rings. The van der Waals surface area contributed by atoms with Crippen molar-refractivity contribution < 1.29 is 14.0 Å². The summed E-state index contributed by atoms with van der Waals surface area (Å²) in [6.07, 6.45) is 0. The summed E-state index contributed by atoms with van der Waals surface area (Å²) in [5, 5.41) is 7.21. The van der Waals surface area contributed by atoms with E-state index >= 15 is 0 Å². The molecule has 2 amide bonds. The predicted molar refractivity (Wildman–Crippen MR) is 97.9 cm³/mol. The number of benzene rings is 1. The molecule has 0 radical (unpaired) electrons. The molecule has 140 valence electrons. The Balaban J connectivity index is 2.30. The van der Waals surface area contributed by atoms with E-state index < -0.39 is 0 Å². The number of carbonyl (C=O) groups is 2. The smallest absolute Gasteiger partial charge is 0.258 e. The van der Waals surface area contributed by atoms with Crippen LogP contribution in [-0.4, -0.2) is 45.6 Å². The minimum Gasteiger partial charge on any atom is -0.352 e. The molecule has 1 N–H and O–H groups in total. The molecule has 0 atom stereocenters. The second-order valence-electron chi connectivity index (χ2n) is 6.48. The fourth-order valence-electron chi connectivity index (χ4n) is 2.81. The first-order valence-electron chi connectivity index (χ1n) is 8.65. The van der Waals surface area contributed by atoms with Crippen LogP contribution in [0.2, 0.25) is 0 Å². The van der Waals surface area contributed by atoms with E-state index in [1.807, 2.05) is 20.8 Å². The predicted octanol–water partition coefficient (Wildman–Crippen LogP) is 2.61. The SMILES string of the molecule is CCN(CC(=O)NC(C)C)C(=O)c1c(C)nn(-c2ccc(F)cc2)c1C. The molecule has 0 saturated heterocycles. The van der Waals surface area contributed by atoms with Gasteiger partial charge in [0.2, 0.25) is 5.91 Å². The lowest BCUT2D eigenvalue weighted by Gasteiger charge is -2.21. The third-order valence-electron chi connectivity index (χ3n) is 4.03. The summed E-state index contributed by atoms with van der Waals surface area (Å²) in [4.78, 5) is 26.5. The maximum absolute atomic E-state index is 13.2. The molecule has 0 spiro atoms. The highest BCUT2D eigenvalue weighted by molar-refractivity contribution is 5.98. The lowest BCUT2D eigenvalue weighted by molar-refractivity contribution is -0.122. The zero-order chi connectivity index (χ0) is 19.4. The molecule has 0 aliphatic heterocycles. The highest BCUT2D eigenvalue weighted by Gasteiger charge is 2.25. The highest BCUT2D eigenvalue weighted by Crippen LogP contribution is 2.20. The van der Waals surface area contributed by atoms with Gasteiger partial charge in [0.1, 0.15) is 5.82 Å². The summed E-state index contributed by atoms with van der Waals surface area (Å²) in [7, 11) is 0. The van der Waals surface area contributed by atoms with Gasteiger partial charge >= 0.3 is 0 Å². The van der Waals surface area contributed by atoms with Crippen molar-refractivity contribution in [3.63, 3.8) is 0 Å². The molecular weight excluding hydrogens is 335 g/mol. The average molecular weight is 360 g/mol. The number of rotatable bonds is 6. The maximum Gasteiger partial charge on any atom is 0.258 e. The van der Waals surface area contributed by atoms with Gasteiger partial charge in [-0.05, 0) is 58.9 Å². The van der Waals surface area contributed by atoms with Gasteiger partial charge in [0.25, 0.3) is 5.91 Å². The molecule has 0 bridgehead atoms. The Hall–Kier alpha value is -2.70. The first-order valence-corrected chi connectivity index (χ1v) is 8.65. The van der Waals surface area contributed by atoms with Crippen molar-refractivity contribution in [3.8, 4) is 5.69 Å². The number of likely N-dealkylation sites (N-methyl/N-ethyl adjacent to an activating group) is 1. The van der Waals surface area contributed by atoms with Crippen LogP contribution in [0, 0.1) is 19.7 Å². The Morgan fingerprint density at radius 1 is 1.23 bits per heavy atom. The summed E-state index contributed by atoms with van der Waals surface area (Å²) in [5.74, 6) is -0.772. The Labute approximate surface area is 153 Å². The zero-order valence-electron chi connectivity index (χ0n) is 15.8. The molecule has 7 heteroatoms. The number of nitrogens with zero attached hydrogens (tertiary/aromatic N) is 3. The van der Waals surface area contributed by atoms with Crippen molar-refractivity contribution in [2.45, 2.75) is 40.7 Å². The Morgan fingerprint density at radius 2 is 1.85 bits per heavy atom. The van der Waals surface area contributed by atoms with E-state index in [0.29, 0.717) is 29.2 Å². The van der Waals surface area contributed by atoms with Crippen molar-refractivity contribution in [3.05, 3.63) is 47.0 Å². The van der Waals surface area contributed by atoms with E-state index in [-0.39, 0.29) is 30.2 Å². The lowest BCUT2D eigenvalue weighted by Crippen LogP contribution is -2.42. The fourth-order valence-corrected chi connectivity index (χ4v) is 2.81. The van der Waals surface area contributed by atoms with E-state index in [9.17, 15) is 14.0 Å². The minimum atomic E-state index is -0.333. The van der Waals surface area contributed by atoms with E-state index in [2.05, 4.69) is 10.4 Å². The molecule has 0 unspecified atom stereocenters. The molecule has 6 nitrogen and oxygen atoms in total. The Bertz CT molecular complexity index is 797. The molecular formula is C19H25FN4O2. The van der Waals surface area contributed by atoms with Crippen molar-refractivity contribution in [1.82, 2.24) is 20.0 Å². The van der Waals surface area contributed by atoms with Crippen molar-refractivity contribution in [1.29, 1.82) is 0 Å². The minimum absolute atomic E-state index is 0.00583. The van der Waals surface area contributed by atoms with Gasteiger partial charge in [-0.3, -0.25) is 9.59 Å². The van der Waals surface area contributed by atoms with Crippen LogP contribution in [0.5, 0.6) is 0 Å². The van der Waals surface area contributed by atoms with E-state index in [1.165, 1.54) is 17.0 Å². The average Bonchev–Trinajstić information content (AvgIpc) is 2.86. The molecule has 2 aromatic rings. The molecule has 26 heavy (non-hydrogen) atoms. The first-order chi connectivity index (χ1) is 12.2. The van der Waals surface area contributed by atoms with Crippen LogP contribution in [0.3, 0.4) is 0 Å². The highest BCUT2D eigenvalue weighted by atomic mass is 19.1. The van der Waals surface area contributed by atoms with Crippen LogP contribution in [0.15, 0.2) is 24.3 Å². The second-order valence-corrected chi connectivity index (χ2v) is 6.48. The van der Waals surface area contributed by atoms with Gasteiger partial charge in [-0.2, -0.15) is 5.10 Å².